The summed E-state index contributed by atoms with van der Waals surface area (Å²) in [6, 6.07) is 24.0. The Morgan fingerprint density at radius 2 is 1.27 bits per heavy atom. The Hall–Kier alpha value is -3.97. The molecule has 7 heteroatoms. The molecule has 0 saturated carbocycles. The van der Waals surface area contributed by atoms with Gasteiger partial charge in [-0.15, -0.1) is 5.06 Å². The second-order valence-corrected chi connectivity index (χ2v) is 7.52. The zero-order valence-electron chi connectivity index (χ0n) is 18.3. The number of hydroxylamine groups is 2. The largest absolute Gasteiger partial charge is 0.497 e. The van der Waals surface area contributed by atoms with Crippen molar-refractivity contribution in [3.8, 4) is 5.75 Å². The van der Waals surface area contributed by atoms with Crippen molar-refractivity contribution < 1.29 is 28.7 Å². The van der Waals surface area contributed by atoms with E-state index in [2.05, 4.69) is 0 Å². The van der Waals surface area contributed by atoms with Gasteiger partial charge in [-0.05, 0) is 41.0 Å². The highest BCUT2D eigenvalue weighted by molar-refractivity contribution is 6.02. The summed E-state index contributed by atoms with van der Waals surface area (Å²) >= 11 is 0. The molecule has 1 aliphatic rings. The quantitative estimate of drug-likeness (QED) is 0.406. The van der Waals surface area contributed by atoms with Gasteiger partial charge in [-0.25, -0.2) is 4.79 Å². The normalized spacial score (nSPS) is 15.3. The Morgan fingerprint density at radius 3 is 1.79 bits per heavy atom. The van der Waals surface area contributed by atoms with Gasteiger partial charge in [0.05, 0.1) is 12.7 Å². The van der Waals surface area contributed by atoms with Gasteiger partial charge in [0.1, 0.15) is 11.4 Å². The SMILES string of the molecule is COc1ccc(C(OC)(c2ccccc2)c2ccc(C(=O)ON3C(=O)CCC3=O)cc2)cc1. The first-order chi connectivity index (χ1) is 16.0. The maximum Gasteiger partial charge on any atom is 0.363 e. The summed E-state index contributed by atoms with van der Waals surface area (Å²) < 4.78 is 11.4. The maximum absolute atomic E-state index is 12.5. The minimum absolute atomic E-state index is 0.0420. The minimum Gasteiger partial charge on any atom is -0.497 e. The summed E-state index contributed by atoms with van der Waals surface area (Å²) in [5.74, 6) is -1.10. The molecule has 1 atom stereocenters. The van der Waals surface area contributed by atoms with Gasteiger partial charge in [0.25, 0.3) is 11.8 Å². The number of nitrogens with zero attached hydrogens (tertiary/aromatic N) is 1. The fraction of sp³-hybridized carbons (Fsp3) is 0.192. The number of imide groups is 1. The number of carbonyl (C=O) groups is 3. The third-order valence-electron chi connectivity index (χ3n) is 5.69. The van der Waals surface area contributed by atoms with Crippen LogP contribution in [0.1, 0.15) is 39.9 Å². The molecule has 168 valence electrons. The van der Waals surface area contributed by atoms with Crippen LogP contribution in [0.5, 0.6) is 5.75 Å². The van der Waals surface area contributed by atoms with Crippen LogP contribution in [0, 0.1) is 0 Å². The Bertz CT molecular complexity index is 1140. The summed E-state index contributed by atoms with van der Waals surface area (Å²) in [7, 11) is 3.24. The zero-order valence-corrected chi connectivity index (χ0v) is 18.3. The van der Waals surface area contributed by atoms with E-state index < -0.39 is 23.4 Å². The lowest BCUT2D eigenvalue weighted by Gasteiger charge is -2.34. The van der Waals surface area contributed by atoms with Crippen molar-refractivity contribution in [2.45, 2.75) is 18.4 Å². The van der Waals surface area contributed by atoms with E-state index in [-0.39, 0.29) is 18.4 Å². The zero-order chi connectivity index (χ0) is 23.4. The molecule has 2 amide bonds. The lowest BCUT2D eigenvalue weighted by molar-refractivity contribution is -0.172. The van der Waals surface area contributed by atoms with E-state index in [1.54, 1.807) is 38.5 Å². The molecule has 4 rings (SSSR count). The predicted molar refractivity (Wildman–Crippen MR) is 119 cm³/mol. The summed E-state index contributed by atoms with van der Waals surface area (Å²) in [4.78, 5) is 41.0. The molecule has 0 radical (unpaired) electrons. The highest BCUT2D eigenvalue weighted by Gasteiger charge is 2.37. The van der Waals surface area contributed by atoms with Gasteiger partial charge in [0.2, 0.25) is 0 Å². The fourth-order valence-electron chi connectivity index (χ4n) is 3.99. The number of rotatable bonds is 7. The molecule has 0 aromatic heterocycles. The summed E-state index contributed by atoms with van der Waals surface area (Å²) in [5.41, 5.74) is 1.82. The Balaban J connectivity index is 1.71. The smallest absolute Gasteiger partial charge is 0.363 e. The first-order valence-electron chi connectivity index (χ1n) is 10.4. The predicted octanol–water partition coefficient (Wildman–Crippen LogP) is 3.85. The van der Waals surface area contributed by atoms with Crippen molar-refractivity contribution in [1.29, 1.82) is 0 Å². The van der Waals surface area contributed by atoms with Crippen molar-refractivity contribution in [2.75, 3.05) is 14.2 Å². The maximum atomic E-state index is 12.5. The van der Waals surface area contributed by atoms with Gasteiger partial charge in [0, 0.05) is 20.0 Å². The highest BCUT2D eigenvalue weighted by Crippen LogP contribution is 2.40. The molecule has 1 heterocycles. The molecule has 3 aromatic rings. The first-order valence-corrected chi connectivity index (χ1v) is 10.4. The molecule has 1 unspecified atom stereocenters. The Labute approximate surface area is 191 Å². The molecule has 3 aromatic carbocycles. The average Bonchev–Trinajstić information content (AvgIpc) is 3.18. The van der Waals surface area contributed by atoms with E-state index in [9.17, 15) is 14.4 Å². The van der Waals surface area contributed by atoms with E-state index in [0.717, 1.165) is 22.4 Å². The van der Waals surface area contributed by atoms with Crippen LogP contribution in [0.2, 0.25) is 0 Å². The lowest BCUT2D eigenvalue weighted by Crippen LogP contribution is -2.32. The van der Waals surface area contributed by atoms with Crippen LogP contribution in [-0.2, 0) is 24.8 Å². The number of benzene rings is 3. The van der Waals surface area contributed by atoms with Crippen LogP contribution in [-0.4, -0.2) is 37.1 Å². The third-order valence-corrected chi connectivity index (χ3v) is 5.69. The number of hydrogen-bond donors (Lipinski definition) is 0. The van der Waals surface area contributed by atoms with Crippen LogP contribution in [0.4, 0.5) is 0 Å². The molecule has 33 heavy (non-hydrogen) atoms. The van der Waals surface area contributed by atoms with E-state index >= 15 is 0 Å². The number of hydrogen-bond acceptors (Lipinski definition) is 6. The third kappa shape index (κ3) is 4.10. The fourth-order valence-corrected chi connectivity index (χ4v) is 3.99. The number of ether oxygens (including phenoxy) is 2. The van der Waals surface area contributed by atoms with Gasteiger partial charge in [-0.2, -0.15) is 0 Å². The van der Waals surface area contributed by atoms with Crippen molar-refractivity contribution in [3.63, 3.8) is 0 Å². The molecule has 1 saturated heterocycles. The van der Waals surface area contributed by atoms with Crippen LogP contribution in [0.3, 0.4) is 0 Å². The topological polar surface area (TPSA) is 82.1 Å². The molecule has 1 fully saturated rings. The van der Waals surface area contributed by atoms with Crippen molar-refractivity contribution in [3.05, 3.63) is 101 Å². The van der Waals surface area contributed by atoms with Crippen LogP contribution < -0.4 is 4.74 Å². The van der Waals surface area contributed by atoms with Crippen molar-refractivity contribution in [2.24, 2.45) is 0 Å². The molecule has 0 bridgehead atoms. The monoisotopic (exact) mass is 445 g/mol. The van der Waals surface area contributed by atoms with Gasteiger partial charge in [-0.3, -0.25) is 9.59 Å². The number of carbonyl (C=O) groups excluding carboxylic acids is 3. The standard InChI is InChI=1S/C26H23NO6/c1-31-22-14-12-21(13-15-22)26(32-2,19-6-4-3-5-7-19)20-10-8-18(9-11-20)25(30)33-27-23(28)16-17-24(27)29/h3-15H,16-17H2,1-2H3. The first kappa shape index (κ1) is 22.2. The second-order valence-electron chi connectivity index (χ2n) is 7.52. The molecule has 0 N–H and O–H groups in total. The minimum atomic E-state index is -0.948. The van der Waals surface area contributed by atoms with Gasteiger partial charge in [-0.1, -0.05) is 54.6 Å². The molecule has 0 spiro atoms. The number of methoxy groups -OCH3 is 2. The second kappa shape index (κ2) is 9.26. The molecule has 7 nitrogen and oxygen atoms in total. The van der Waals surface area contributed by atoms with Gasteiger partial charge >= 0.3 is 5.97 Å². The summed E-state index contributed by atoms with van der Waals surface area (Å²) in [5, 5.41) is 0.539. The molecular formula is C26H23NO6. The summed E-state index contributed by atoms with van der Waals surface area (Å²) in [6.45, 7) is 0. The van der Waals surface area contributed by atoms with Crippen molar-refractivity contribution in [1.82, 2.24) is 5.06 Å². The molecule has 1 aliphatic heterocycles. The highest BCUT2D eigenvalue weighted by atomic mass is 16.7. The molecule has 0 aliphatic carbocycles. The van der Waals surface area contributed by atoms with Crippen LogP contribution in [0.15, 0.2) is 78.9 Å². The summed E-state index contributed by atoms with van der Waals surface area (Å²) in [6.07, 6.45) is 0.0840. The number of amides is 2. The molecular weight excluding hydrogens is 422 g/mol. The van der Waals surface area contributed by atoms with E-state index in [4.69, 9.17) is 14.3 Å². The van der Waals surface area contributed by atoms with E-state index in [1.165, 1.54) is 0 Å². The lowest BCUT2D eigenvalue weighted by atomic mass is 9.80. The average molecular weight is 445 g/mol. The van der Waals surface area contributed by atoms with Crippen molar-refractivity contribution >= 4 is 17.8 Å². The van der Waals surface area contributed by atoms with Crippen LogP contribution in [0.25, 0.3) is 0 Å². The van der Waals surface area contributed by atoms with Crippen LogP contribution >= 0.6 is 0 Å². The van der Waals surface area contributed by atoms with Gasteiger partial charge in [0.15, 0.2) is 0 Å². The van der Waals surface area contributed by atoms with E-state index in [0.29, 0.717) is 5.06 Å². The Morgan fingerprint density at radius 1 is 0.758 bits per heavy atom. The van der Waals surface area contributed by atoms with Gasteiger partial charge < -0.3 is 14.3 Å². The van der Waals surface area contributed by atoms with E-state index in [1.807, 2.05) is 54.6 Å². The Kier molecular flexibility index (Phi) is 6.24.